The maximum Gasteiger partial charge on any atom is 0.327 e. The highest BCUT2D eigenvalue weighted by atomic mass is 16.2. The third kappa shape index (κ3) is 2.88. The Labute approximate surface area is 150 Å². The summed E-state index contributed by atoms with van der Waals surface area (Å²) in [5.74, 6) is 0.206. The second kappa shape index (κ2) is 6.52. The van der Waals surface area contributed by atoms with Gasteiger partial charge in [0.05, 0.1) is 5.56 Å². The molecule has 3 aromatic rings. The number of aromatic nitrogens is 2. The van der Waals surface area contributed by atoms with Crippen LogP contribution in [0.15, 0.2) is 70.3 Å². The molecule has 0 bridgehead atoms. The predicted molar refractivity (Wildman–Crippen MR) is 103 cm³/mol. The average Bonchev–Trinajstić information content (AvgIpc) is 2.67. The minimum Gasteiger partial charge on any atom is -0.341 e. The van der Waals surface area contributed by atoms with Crippen LogP contribution in [0.1, 0.15) is 35.1 Å². The Kier molecular flexibility index (Phi) is 4.05. The second-order valence-electron chi connectivity index (χ2n) is 6.34. The summed E-state index contributed by atoms with van der Waals surface area (Å²) < 4.78 is 0. The van der Waals surface area contributed by atoms with E-state index >= 15 is 0 Å². The van der Waals surface area contributed by atoms with Gasteiger partial charge in [-0.25, -0.2) is 4.79 Å². The Morgan fingerprint density at radius 2 is 1.65 bits per heavy atom. The van der Waals surface area contributed by atoms with Crippen molar-refractivity contribution in [2.45, 2.75) is 19.3 Å². The lowest BCUT2D eigenvalue weighted by Crippen LogP contribution is -2.31. The number of benzene rings is 2. The number of H-pyrrole nitrogens is 2. The van der Waals surface area contributed by atoms with Crippen molar-refractivity contribution in [3.8, 4) is 0 Å². The maximum absolute atomic E-state index is 12.5. The molecule has 1 unspecified atom stereocenters. The van der Waals surface area contributed by atoms with Gasteiger partial charge in [0.1, 0.15) is 5.82 Å². The third-order valence-electron chi connectivity index (χ3n) is 4.72. The highest BCUT2D eigenvalue weighted by Gasteiger charge is 2.26. The van der Waals surface area contributed by atoms with Crippen LogP contribution in [-0.2, 0) is 6.42 Å². The number of nitrogens with one attached hydrogen (secondary N) is 3. The number of rotatable bonds is 3. The van der Waals surface area contributed by atoms with E-state index in [9.17, 15) is 9.59 Å². The first-order chi connectivity index (χ1) is 12.7. The van der Waals surface area contributed by atoms with E-state index in [0.717, 1.165) is 23.2 Å². The molecule has 1 aromatic heterocycles. The van der Waals surface area contributed by atoms with Gasteiger partial charge < -0.3 is 5.32 Å². The quantitative estimate of drug-likeness (QED) is 0.682. The van der Waals surface area contributed by atoms with Gasteiger partial charge in [-0.1, -0.05) is 61.5 Å². The molecule has 5 nitrogen and oxygen atoms in total. The smallest absolute Gasteiger partial charge is 0.327 e. The zero-order valence-corrected chi connectivity index (χ0v) is 14.4. The molecule has 0 spiro atoms. The number of anilines is 1. The van der Waals surface area contributed by atoms with Crippen molar-refractivity contribution >= 4 is 11.5 Å². The maximum atomic E-state index is 12.5. The molecule has 26 heavy (non-hydrogen) atoms. The summed E-state index contributed by atoms with van der Waals surface area (Å²) in [6, 6.07) is 18.1. The van der Waals surface area contributed by atoms with Crippen molar-refractivity contribution in [1.29, 1.82) is 0 Å². The molecule has 0 saturated carbocycles. The number of aryl methyl sites for hydroxylation is 1. The minimum atomic E-state index is -0.518. The monoisotopic (exact) mass is 345 g/mol. The van der Waals surface area contributed by atoms with Crippen LogP contribution < -0.4 is 16.6 Å². The third-order valence-corrected chi connectivity index (χ3v) is 4.72. The van der Waals surface area contributed by atoms with Crippen LogP contribution in [0.4, 0.5) is 5.82 Å². The van der Waals surface area contributed by atoms with E-state index in [-0.39, 0.29) is 11.5 Å². The van der Waals surface area contributed by atoms with Crippen molar-refractivity contribution < 1.29 is 0 Å². The van der Waals surface area contributed by atoms with Gasteiger partial charge in [0, 0.05) is 11.6 Å². The van der Waals surface area contributed by atoms with Crippen molar-refractivity contribution in [1.82, 2.24) is 9.97 Å². The van der Waals surface area contributed by atoms with Crippen LogP contribution in [0, 0.1) is 0 Å². The molecule has 2 heterocycles. The van der Waals surface area contributed by atoms with Crippen LogP contribution >= 0.6 is 0 Å². The van der Waals surface area contributed by atoms with Gasteiger partial charge in [0.15, 0.2) is 0 Å². The van der Waals surface area contributed by atoms with Gasteiger partial charge in [0.25, 0.3) is 5.56 Å². The molecule has 3 N–H and O–H groups in total. The molecule has 5 heteroatoms. The number of fused-ring (bicyclic) bond motifs is 1. The van der Waals surface area contributed by atoms with E-state index in [1.54, 1.807) is 0 Å². The highest BCUT2D eigenvalue weighted by molar-refractivity contribution is 5.81. The lowest BCUT2D eigenvalue weighted by atomic mass is 9.87. The van der Waals surface area contributed by atoms with Crippen molar-refractivity contribution in [2.24, 2.45) is 0 Å². The van der Waals surface area contributed by atoms with E-state index in [2.05, 4.69) is 34.3 Å². The van der Waals surface area contributed by atoms with Gasteiger partial charge in [-0.15, -0.1) is 0 Å². The van der Waals surface area contributed by atoms with Crippen LogP contribution in [0.25, 0.3) is 5.70 Å². The van der Waals surface area contributed by atoms with E-state index in [0.29, 0.717) is 11.4 Å². The Hall–Kier alpha value is -3.34. The first kappa shape index (κ1) is 16.1. The van der Waals surface area contributed by atoms with Crippen LogP contribution in [0.3, 0.4) is 0 Å². The van der Waals surface area contributed by atoms with Crippen LogP contribution in [0.2, 0.25) is 0 Å². The largest absolute Gasteiger partial charge is 0.341 e. The van der Waals surface area contributed by atoms with E-state index in [1.807, 2.05) is 48.5 Å². The number of hydrogen-bond acceptors (Lipinski definition) is 3. The van der Waals surface area contributed by atoms with Crippen molar-refractivity contribution in [3.05, 3.63) is 104 Å². The van der Waals surface area contributed by atoms with Gasteiger partial charge >= 0.3 is 5.69 Å². The molecule has 130 valence electrons. The Morgan fingerprint density at radius 1 is 0.923 bits per heavy atom. The first-order valence-electron chi connectivity index (χ1n) is 8.65. The molecule has 4 rings (SSSR count). The van der Waals surface area contributed by atoms with E-state index in [1.165, 1.54) is 5.56 Å². The molecular weight excluding hydrogens is 326 g/mol. The average molecular weight is 345 g/mol. The van der Waals surface area contributed by atoms with Gasteiger partial charge in [-0.3, -0.25) is 14.8 Å². The Morgan fingerprint density at radius 3 is 2.35 bits per heavy atom. The van der Waals surface area contributed by atoms with Gasteiger partial charge in [0.2, 0.25) is 0 Å². The summed E-state index contributed by atoms with van der Waals surface area (Å²) in [7, 11) is 0. The second-order valence-corrected chi connectivity index (χ2v) is 6.34. The van der Waals surface area contributed by atoms with Crippen molar-refractivity contribution in [2.75, 3.05) is 5.32 Å². The predicted octanol–water partition coefficient (Wildman–Crippen LogP) is 3.22. The molecule has 1 aliphatic rings. The first-order valence-corrected chi connectivity index (χ1v) is 8.65. The molecular formula is C21H19N3O2. The van der Waals surface area contributed by atoms with E-state index in [4.69, 9.17) is 0 Å². The molecule has 1 aliphatic heterocycles. The topological polar surface area (TPSA) is 77.8 Å². The standard InChI is InChI=1S/C21H19N3O2/c1-2-13-8-10-14(11-9-13)16-12-17(15-6-4-3-5-7-15)22-19-18(16)20(25)24-21(26)23-19/h3-12,16H,2H2,1H3,(H3,22,23,24,25,26). The summed E-state index contributed by atoms with van der Waals surface area (Å²) in [5, 5.41) is 3.20. The molecule has 0 saturated heterocycles. The molecule has 2 aromatic carbocycles. The summed E-state index contributed by atoms with van der Waals surface area (Å²) in [6.45, 7) is 2.11. The molecule has 0 radical (unpaired) electrons. The number of aromatic amines is 2. The summed E-state index contributed by atoms with van der Waals surface area (Å²) in [5.41, 5.74) is 3.74. The van der Waals surface area contributed by atoms with Crippen LogP contribution in [0.5, 0.6) is 0 Å². The Bertz CT molecular complexity index is 1080. The normalized spacial score (nSPS) is 15.7. The molecule has 0 fully saturated rings. The lowest BCUT2D eigenvalue weighted by molar-refractivity contribution is 0.913. The summed E-state index contributed by atoms with van der Waals surface area (Å²) >= 11 is 0. The SMILES string of the molecule is CCc1ccc(C2C=C(c3ccccc3)Nc3[nH]c(=O)[nH]c(=O)c32)cc1. The van der Waals surface area contributed by atoms with Gasteiger partial charge in [-0.2, -0.15) is 0 Å². The highest BCUT2D eigenvalue weighted by Crippen LogP contribution is 2.35. The van der Waals surface area contributed by atoms with E-state index < -0.39 is 5.69 Å². The number of hydrogen-bond donors (Lipinski definition) is 3. The summed E-state index contributed by atoms with van der Waals surface area (Å²) in [6.07, 6.45) is 2.99. The van der Waals surface area contributed by atoms with Gasteiger partial charge in [-0.05, 0) is 29.2 Å². The zero-order valence-electron chi connectivity index (χ0n) is 14.4. The van der Waals surface area contributed by atoms with Crippen LogP contribution in [-0.4, -0.2) is 9.97 Å². The molecule has 0 amide bonds. The number of allylic oxidation sites excluding steroid dienone is 1. The minimum absolute atomic E-state index is 0.243. The zero-order chi connectivity index (χ0) is 18.1. The fraction of sp³-hybridized carbons (Fsp3) is 0.143. The Balaban J connectivity index is 1.90. The lowest BCUT2D eigenvalue weighted by Gasteiger charge is -2.25. The molecule has 0 aliphatic carbocycles. The fourth-order valence-corrected chi connectivity index (χ4v) is 3.33. The summed E-state index contributed by atoms with van der Waals surface area (Å²) in [4.78, 5) is 29.3. The molecule has 1 atom stereocenters. The fourth-order valence-electron chi connectivity index (χ4n) is 3.33. The van der Waals surface area contributed by atoms with Crippen molar-refractivity contribution in [3.63, 3.8) is 0 Å².